The minimum absolute atomic E-state index is 0.0269. The van der Waals surface area contributed by atoms with Gasteiger partial charge in [-0.1, -0.05) is 12.8 Å². The van der Waals surface area contributed by atoms with E-state index in [1.807, 2.05) is 9.80 Å². The van der Waals surface area contributed by atoms with Crippen LogP contribution in [0.5, 0.6) is 0 Å². The Morgan fingerprint density at radius 1 is 1.03 bits per heavy atom. The van der Waals surface area contributed by atoms with E-state index < -0.39 is 0 Å². The van der Waals surface area contributed by atoms with Crippen molar-refractivity contribution in [3.8, 4) is 5.69 Å². The number of hydrogen-bond acceptors (Lipinski definition) is 3. The first-order valence-corrected chi connectivity index (χ1v) is 11.1. The summed E-state index contributed by atoms with van der Waals surface area (Å²) >= 11 is 0. The van der Waals surface area contributed by atoms with Crippen molar-refractivity contribution in [2.75, 3.05) is 13.1 Å². The number of hydrogen-bond donors (Lipinski definition) is 0. The number of carbonyl (C=O) groups is 2. The van der Waals surface area contributed by atoms with Gasteiger partial charge in [-0.15, -0.1) is 0 Å². The Bertz CT molecular complexity index is 1070. The zero-order chi connectivity index (χ0) is 21.5. The SMILES string of the molecule is O=C(C1CC(=O)N(C2CCCC2)C1)N1CCc2cc(=O)n(-c3ccc(F)cc3)cc2C1. The van der Waals surface area contributed by atoms with Gasteiger partial charge in [0, 0.05) is 50.0 Å². The van der Waals surface area contributed by atoms with Crippen LogP contribution in [-0.2, 0) is 22.6 Å². The van der Waals surface area contributed by atoms with Gasteiger partial charge in [-0.05, 0) is 54.7 Å². The molecule has 0 spiro atoms. The quantitative estimate of drug-likeness (QED) is 0.763. The highest BCUT2D eigenvalue weighted by molar-refractivity contribution is 5.89. The van der Waals surface area contributed by atoms with Crippen molar-refractivity contribution in [3.05, 3.63) is 63.8 Å². The Balaban J connectivity index is 1.33. The summed E-state index contributed by atoms with van der Waals surface area (Å²) in [6.07, 6.45) is 7.09. The summed E-state index contributed by atoms with van der Waals surface area (Å²) in [7, 11) is 0. The van der Waals surface area contributed by atoms with Crippen LogP contribution in [0.25, 0.3) is 5.69 Å². The molecule has 0 N–H and O–H groups in total. The fraction of sp³-hybridized carbons (Fsp3) is 0.458. The molecule has 2 fully saturated rings. The van der Waals surface area contributed by atoms with E-state index in [0.717, 1.165) is 36.8 Å². The molecule has 1 atom stereocenters. The lowest BCUT2D eigenvalue weighted by Gasteiger charge is -2.31. The average Bonchev–Trinajstić information content (AvgIpc) is 3.43. The molecular weight excluding hydrogens is 397 g/mol. The third-order valence-electron chi connectivity index (χ3n) is 6.93. The monoisotopic (exact) mass is 423 g/mol. The number of halogens is 1. The maximum Gasteiger partial charge on any atom is 0.255 e. The molecule has 31 heavy (non-hydrogen) atoms. The average molecular weight is 423 g/mol. The first kappa shape index (κ1) is 20.0. The number of carbonyl (C=O) groups excluding carboxylic acids is 2. The number of amides is 2. The van der Waals surface area contributed by atoms with Crippen LogP contribution in [0, 0.1) is 11.7 Å². The molecular formula is C24H26FN3O3. The molecule has 0 bridgehead atoms. The number of fused-ring (bicyclic) bond motifs is 1. The molecule has 3 heterocycles. The second kappa shape index (κ2) is 7.94. The molecule has 1 saturated heterocycles. The number of nitrogens with zero attached hydrogens (tertiary/aromatic N) is 3. The summed E-state index contributed by atoms with van der Waals surface area (Å²) in [5, 5.41) is 0. The molecule has 1 saturated carbocycles. The van der Waals surface area contributed by atoms with Crippen LogP contribution in [0.2, 0.25) is 0 Å². The molecule has 1 aromatic carbocycles. The predicted molar refractivity (Wildman–Crippen MR) is 113 cm³/mol. The topological polar surface area (TPSA) is 62.6 Å². The molecule has 1 aliphatic carbocycles. The van der Waals surface area contributed by atoms with E-state index in [9.17, 15) is 18.8 Å². The van der Waals surface area contributed by atoms with Crippen molar-refractivity contribution in [1.82, 2.24) is 14.4 Å². The van der Waals surface area contributed by atoms with Gasteiger partial charge in [0.15, 0.2) is 0 Å². The van der Waals surface area contributed by atoms with Gasteiger partial charge in [-0.25, -0.2) is 4.39 Å². The van der Waals surface area contributed by atoms with E-state index in [1.54, 1.807) is 24.4 Å². The Morgan fingerprint density at radius 2 is 1.77 bits per heavy atom. The maximum atomic E-state index is 13.3. The smallest absolute Gasteiger partial charge is 0.255 e. The highest BCUT2D eigenvalue weighted by Crippen LogP contribution is 2.31. The third kappa shape index (κ3) is 3.77. The van der Waals surface area contributed by atoms with Crippen LogP contribution in [0.1, 0.15) is 43.2 Å². The van der Waals surface area contributed by atoms with Gasteiger partial charge in [0.05, 0.1) is 5.92 Å². The molecule has 3 aliphatic rings. The first-order chi connectivity index (χ1) is 15.0. The molecule has 5 rings (SSSR count). The van der Waals surface area contributed by atoms with E-state index in [0.29, 0.717) is 44.2 Å². The van der Waals surface area contributed by atoms with E-state index in [-0.39, 0.29) is 29.1 Å². The standard InChI is InChI=1S/C24H26FN3O3/c25-19-5-7-21(8-6-19)28-15-18-13-26(10-9-16(18)11-22(28)29)24(31)17-12-23(30)27(14-17)20-3-1-2-4-20/h5-8,11,15,17,20H,1-4,9-10,12-14H2. The van der Waals surface area contributed by atoms with Crippen LogP contribution in [-0.4, -0.2) is 45.3 Å². The van der Waals surface area contributed by atoms with Crippen LogP contribution >= 0.6 is 0 Å². The van der Waals surface area contributed by atoms with E-state index in [2.05, 4.69) is 0 Å². The molecule has 2 aliphatic heterocycles. The predicted octanol–water partition coefficient (Wildman–Crippen LogP) is 2.65. The summed E-state index contributed by atoms with van der Waals surface area (Å²) < 4.78 is 14.8. The van der Waals surface area contributed by atoms with Gasteiger partial charge in [-0.2, -0.15) is 0 Å². The highest BCUT2D eigenvalue weighted by atomic mass is 19.1. The van der Waals surface area contributed by atoms with Crippen molar-refractivity contribution in [1.29, 1.82) is 0 Å². The van der Waals surface area contributed by atoms with Gasteiger partial charge < -0.3 is 9.80 Å². The molecule has 1 unspecified atom stereocenters. The van der Waals surface area contributed by atoms with Crippen LogP contribution in [0.4, 0.5) is 4.39 Å². The minimum Gasteiger partial charge on any atom is -0.339 e. The summed E-state index contributed by atoms with van der Waals surface area (Å²) in [6, 6.07) is 7.70. The van der Waals surface area contributed by atoms with Crippen molar-refractivity contribution >= 4 is 11.8 Å². The number of rotatable bonds is 3. The molecule has 0 radical (unpaired) electrons. The minimum atomic E-state index is -0.357. The fourth-order valence-corrected chi connectivity index (χ4v) is 5.24. The Morgan fingerprint density at radius 3 is 2.52 bits per heavy atom. The van der Waals surface area contributed by atoms with Gasteiger partial charge in [0.1, 0.15) is 5.82 Å². The fourth-order valence-electron chi connectivity index (χ4n) is 5.24. The van der Waals surface area contributed by atoms with Crippen molar-refractivity contribution in [3.63, 3.8) is 0 Å². The second-order valence-electron chi connectivity index (χ2n) is 8.90. The number of pyridine rings is 1. The van der Waals surface area contributed by atoms with Gasteiger partial charge in [0.25, 0.3) is 5.56 Å². The first-order valence-electron chi connectivity index (χ1n) is 11.1. The lowest BCUT2D eigenvalue weighted by atomic mass is 9.99. The van der Waals surface area contributed by atoms with Crippen LogP contribution in [0.15, 0.2) is 41.3 Å². The van der Waals surface area contributed by atoms with Gasteiger partial charge in [-0.3, -0.25) is 19.0 Å². The molecule has 1 aromatic heterocycles. The third-order valence-corrected chi connectivity index (χ3v) is 6.93. The Hall–Kier alpha value is -2.96. The lowest BCUT2D eigenvalue weighted by molar-refractivity contribution is -0.136. The molecule has 7 heteroatoms. The summed E-state index contributed by atoms with van der Waals surface area (Å²) in [5.41, 5.74) is 2.29. The largest absolute Gasteiger partial charge is 0.339 e. The van der Waals surface area contributed by atoms with E-state index in [1.165, 1.54) is 16.7 Å². The Kier molecular flexibility index (Phi) is 5.12. The molecule has 2 aromatic rings. The van der Waals surface area contributed by atoms with E-state index >= 15 is 0 Å². The van der Waals surface area contributed by atoms with Crippen molar-refractivity contribution in [2.45, 2.75) is 51.1 Å². The summed E-state index contributed by atoms with van der Waals surface area (Å²) in [4.78, 5) is 42.0. The molecule has 2 amide bonds. The van der Waals surface area contributed by atoms with Crippen LogP contribution in [0.3, 0.4) is 0 Å². The van der Waals surface area contributed by atoms with Crippen LogP contribution < -0.4 is 5.56 Å². The number of benzene rings is 1. The molecule has 162 valence electrons. The number of aromatic nitrogens is 1. The zero-order valence-electron chi connectivity index (χ0n) is 17.4. The van der Waals surface area contributed by atoms with Crippen molar-refractivity contribution < 1.29 is 14.0 Å². The summed E-state index contributed by atoms with van der Waals surface area (Å²) in [6.45, 7) is 1.50. The van der Waals surface area contributed by atoms with E-state index in [4.69, 9.17) is 0 Å². The lowest BCUT2D eigenvalue weighted by Crippen LogP contribution is -2.42. The van der Waals surface area contributed by atoms with Crippen molar-refractivity contribution in [2.24, 2.45) is 5.92 Å². The van der Waals surface area contributed by atoms with Gasteiger partial charge >= 0.3 is 0 Å². The summed E-state index contributed by atoms with van der Waals surface area (Å²) in [5.74, 6) is -0.506. The number of likely N-dealkylation sites (tertiary alicyclic amines) is 1. The normalized spacial score (nSPS) is 21.6. The highest BCUT2D eigenvalue weighted by Gasteiger charge is 2.40. The Labute approximate surface area is 180 Å². The second-order valence-corrected chi connectivity index (χ2v) is 8.90. The zero-order valence-corrected chi connectivity index (χ0v) is 17.4. The van der Waals surface area contributed by atoms with Gasteiger partial charge in [0.2, 0.25) is 11.8 Å². The molecule has 6 nitrogen and oxygen atoms in total. The maximum absolute atomic E-state index is 13.3.